The van der Waals surface area contributed by atoms with E-state index in [9.17, 15) is 22.7 Å². The molecule has 0 spiro atoms. The van der Waals surface area contributed by atoms with Crippen LogP contribution in [0.4, 0.5) is 4.39 Å². The Balaban J connectivity index is 2.03. The summed E-state index contributed by atoms with van der Waals surface area (Å²) in [6, 6.07) is 8.89. The lowest BCUT2D eigenvalue weighted by Gasteiger charge is -2.36. The van der Waals surface area contributed by atoms with Crippen LogP contribution in [0, 0.1) is 5.82 Å². The van der Waals surface area contributed by atoms with Crippen molar-refractivity contribution in [3.05, 3.63) is 59.4 Å². The predicted molar refractivity (Wildman–Crippen MR) is 96.8 cm³/mol. The fourth-order valence-electron chi connectivity index (χ4n) is 3.32. The molecule has 7 heteroatoms. The highest BCUT2D eigenvalue weighted by molar-refractivity contribution is 7.91. The summed E-state index contributed by atoms with van der Waals surface area (Å²) in [5.41, 5.74) is -0.737. The van der Waals surface area contributed by atoms with Crippen LogP contribution in [0.2, 0.25) is 0 Å². The van der Waals surface area contributed by atoms with E-state index in [0.29, 0.717) is 12.2 Å². The number of ether oxygens (including phenoxy) is 1. The lowest BCUT2D eigenvalue weighted by molar-refractivity contribution is -0.102. The third-order valence-electron chi connectivity index (χ3n) is 4.83. The molecule has 3 rings (SSSR count). The van der Waals surface area contributed by atoms with Crippen molar-refractivity contribution < 1.29 is 27.4 Å². The molecular weight excluding hydrogens is 371 g/mol. The van der Waals surface area contributed by atoms with Crippen LogP contribution >= 0.6 is 0 Å². The molecule has 1 N–H and O–H groups in total. The topological polar surface area (TPSA) is 80.7 Å². The molecule has 1 aliphatic rings. The van der Waals surface area contributed by atoms with Gasteiger partial charge in [0.25, 0.3) is 0 Å². The number of benzene rings is 2. The molecule has 0 amide bonds. The van der Waals surface area contributed by atoms with Crippen molar-refractivity contribution in [2.45, 2.75) is 48.2 Å². The van der Waals surface area contributed by atoms with E-state index in [0.717, 1.165) is 12.1 Å². The highest BCUT2D eigenvalue weighted by atomic mass is 32.2. The van der Waals surface area contributed by atoms with Gasteiger partial charge in [0.05, 0.1) is 28.1 Å². The number of aliphatic hydroxyl groups is 1. The van der Waals surface area contributed by atoms with Crippen LogP contribution in [0.25, 0.3) is 0 Å². The summed E-state index contributed by atoms with van der Waals surface area (Å²) in [6.07, 6.45) is 0.294. The molecule has 0 bridgehead atoms. The SMILES string of the molecule is CC(=O)c1ccc(S(=O)(=O)c2cc(F)cc([C@]3(O)CCO[C@@H](C)C3)c2)cc1. The van der Waals surface area contributed by atoms with Crippen LogP contribution in [-0.2, 0) is 20.2 Å². The van der Waals surface area contributed by atoms with E-state index in [4.69, 9.17) is 4.74 Å². The molecule has 2 atom stereocenters. The van der Waals surface area contributed by atoms with E-state index in [1.54, 1.807) is 6.92 Å². The Hall–Kier alpha value is -2.09. The number of carbonyl (C=O) groups excluding carboxylic acids is 1. The lowest BCUT2D eigenvalue weighted by atomic mass is 9.84. The maximum atomic E-state index is 14.2. The Morgan fingerprint density at radius 1 is 1.19 bits per heavy atom. The summed E-state index contributed by atoms with van der Waals surface area (Å²) >= 11 is 0. The first-order chi connectivity index (χ1) is 12.6. The molecule has 0 saturated carbocycles. The second kappa shape index (κ2) is 7.14. The zero-order valence-electron chi connectivity index (χ0n) is 15.1. The van der Waals surface area contributed by atoms with Gasteiger partial charge >= 0.3 is 0 Å². The van der Waals surface area contributed by atoms with Crippen LogP contribution in [0.1, 0.15) is 42.6 Å². The van der Waals surface area contributed by atoms with Gasteiger partial charge in [-0.15, -0.1) is 0 Å². The number of hydrogen-bond donors (Lipinski definition) is 1. The summed E-state index contributed by atoms with van der Waals surface area (Å²) in [7, 11) is -4.00. The highest BCUT2D eigenvalue weighted by Crippen LogP contribution is 2.36. The second-order valence-corrected chi connectivity index (χ2v) is 8.88. The minimum atomic E-state index is -4.00. The van der Waals surface area contributed by atoms with Crippen molar-refractivity contribution >= 4 is 15.6 Å². The lowest BCUT2D eigenvalue weighted by Crippen LogP contribution is -2.37. The minimum Gasteiger partial charge on any atom is -0.385 e. The molecule has 0 aliphatic carbocycles. The van der Waals surface area contributed by atoms with Crippen LogP contribution in [0.3, 0.4) is 0 Å². The third kappa shape index (κ3) is 3.95. The molecule has 1 fully saturated rings. The smallest absolute Gasteiger partial charge is 0.206 e. The molecule has 1 heterocycles. The number of carbonyl (C=O) groups is 1. The van der Waals surface area contributed by atoms with Crippen LogP contribution in [0.15, 0.2) is 52.3 Å². The van der Waals surface area contributed by atoms with Gasteiger partial charge in [-0.05, 0) is 49.7 Å². The summed E-state index contributed by atoms with van der Waals surface area (Å²) < 4.78 is 45.5. The maximum Gasteiger partial charge on any atom is 0.206 e. The van der Waals surface area contributed by atoms with E-state index in [1.807, 2.05) is 0 Å². The van der Waals surface area contributed by atoms with Crippen molar-refractivity contribution in [3.8, 4) is 0 Å². The average Bonchev–Trinajstić information content (AvgIpc) is 2.61. The van der Waals surface area contributed by atoms with E-state index < -0.39 is 21.3 Å². The highest BCUT2D eigenvalue weighted by Gasteiger charge is 2.36. The molecule has 27 heavy (non-hydrogen) atoms. The summed E-state index contributed by atoms with van der Waals surface area (Å²) in [6.45, 7) is 3.50. The molecule has 0 radical (unpaired) electrons. The monoisotopic (exact) mass is 392 g/mol. The fourth-order valence-corrected chi connectivity index (χ4v) is 4.64. The molecule has 144 valence electrons. The number of hydrogen-bond acceptors (Lipinski definition) is 5. The Morgan fingerprint density at radius 3 is 2.44 bits per heavy atom. The van der Waals surface area contributed by atoms with Crippen molar-refractivity contribution in [3.63, 3.8) is 0 Å². The Kier molecular flexibility index (Phi) is 5.20. The van der Waals surface area contributed by atoms with Crippen LogP contribution < -0.4 is 0 Å². The third-order valence-corrected chi connectivity index (χ3v) is 6.58. The summed E-state index contributed by atoms with van der Waals surface area (Å²) in [4.78, 5) is 11.1. The van der Waals surface area contributed by atoms with Crippen molar-refractivity contribution in [2.75, 3.05) is 6.61 Å². The van der Waals surface area contributed by atoms with Gasteiger partial charge in [0.15, 0.2) is 5.78 Å². The van der Waals surface area contributed by atoms with Gasteiger partial charge in [-0.25, -0.2) is 12.8 Å². The molecular formula is C20H21FO5S. The number of Topliss-reactive ketones (excluding diaryl/α,β-unsaturated/α-hetero) is 1. The molecule has 2 aromatic rings. The van der Waals surface area contributed by atoms with Crippen LogP contribution in [0.5, 0.6) is 0 Å². The van der Waals surface area contributed by atoms with Gasteiger partial charge in [-0.2, -0.15) is 0 Å². The maximum absolute atomic E-state index is 14.2. The predicted octanol–water partition coefficient (Wildman–Crippen LogP) is 3.25. The van der Waals surface area contributed by atoms with Gasteiger partial charge in [-0.1, -0.05) is 12.1 Å². The van der Waals surface area contributed by atoms with Gasteiger partial charge in [0.2, 0.25) is 9.84 Å². The van der Waals surface area contributed by atoms with Crippen molar-refractivity contribution in [2.24, 2.45) is 0 Å². The first-order valence-corrected chi connectivity index (χ1v) is 10.1. The molecule has 1 saturated heterocycles. The number of ketones is 1. The van der Waals surface area contributed by atoms with Gasteiger partial charge in [0.1, 0.15) is 5.82 Å². The first-order valence-electron chi connectivity index (χ1n) is 8.63. The summed E-state index contributed by atoms with van der Waals surface area (Å²) in [5, 5.41) is 10.9. The zero-order valence-corrected chi connectivity index (χ0v) is 15.9. The number of halogens is 1. The Morgan fingerprint density at radius 2 is 1.85 bits per heavy atom. The van der Waals surface area contributed by atoms with E-state index in [1.165, 1.54) is 37.3 Å². The van der Waals surface area contributed by atoms with Gasteiger partial charge < -0.3 is 9.84 Å². The number of sulfone groups is 1. The standard InChI is InChI=1S/C20H21FO5S/c1-13-12-20(23,7-8-26-13)16-9-17(21)11-19(10-16)27(24,25)18-5-3-15(4-6-18)14(2)22/h3-6,9-11,13,23H,7-8,12H2,1-2H3/t13-,20-/m0/s1. The largest absolute Gasteiger partial charge is 0.385 e. The average molecular weight is 392 g/mol. The van der Waals surface area contributed by atoms with Crippen LogP contribution in [-0.4, -0.2) is 32.0 Å². The van der Waals surface area contributed by atoms with E-state index >= 15 is 0 Å². The van der Waals surface area contributed by atoms with E-state index in [2.05, 4.69) is 0 Å². The minimum absolute atomic E-state index is 0.0450. The van der Waals surface area contributed by atoms with Gasteiger partial charge in [-0.3, -0.25) is 4.79 Å². The zero-order chi connectivity index (χ0) is 19.8. The molecule has 2 aromatic carbocycles. The molecule has 0 unspecified atom stereocenters. The van der Waals surface area contributed by atoms with Crippen molar-refractivity contribution in [1.82, 2.24) is 0 Å². The van der Waals surface area contributed by atoms with Crippen molar-refractivity contribution in [1.29, 1.82) is 0 Å². The Labute approximate surface area is 157 Å². The number of rotatable bonds is 4. The quantitative estimate of drug-likeness (QED) is 0.808. The molecule has 5 nitrogen and oxygen atoms in total. The molecule has 0 aromatic heterocycles. The Bertz CT molecular complexity index is 968. The summed E-state index contributed by atoms with van der Waals surface area (Å²) in [5.74, 6) is -0.915. The first kappa shape index (κ1) is 19.7. The van der Waals surface area contributed by atoms with Gasteiger partial charge in [0, 0.05) is 18.4 Å². The molecule has 1 aliphatic heterocycles. The van der Waals surface area contributed by atoms with E-state index in [-0.39, 0.29) is 40.1 Å². The normalized spacial score (nSPS) is 23.2. The fraction of sp³-hybridized carbons (Fsp3) is 0.350. The second-order valence-electron chi connectivity index (χ2n) is 6.93.